The van der Waals surface area contributed by atoms with Crippen LogP contribution < -0.4 is 10.6 Å². The van der Waals surface area contributed by atoms with E-state index in [9.17, 15) is 0 Å². The fourth-order valence-corrected chi connectivity index (χ4v) is 4.14. The summed E-state index contributed by atoms with van der Waals surface area (Å²) in [6.45, 7) is 6.25. The molecule has 2 N–H and O–H groups in total. The number of hydrogen-bond donors (Lipinski definition) is 2. The van der Waals surface area contributed by atoms with E-state index in [2.05, 4.69) is 20.5 Å². The number of morpholine rings is 1. The number of guanidine groups is 1. The highest BCUT2D eigenvalue weighted by Gasteiger charge is 2.34. The molecule has 2 saturated carbocycles. The zero-order valence-corrected chi connectivity index (χ0v) is 14.8. The Hall–Kier alpha value is -0.810. The smallest absolute Gasteiger partial charge is 0.191 e. The number of rotatable bonds is 5. The average Bonchev–Trinajstić information content (AvgIpc) is 2.55. The van der Waals surface area contributed by atoms with Gasteiger partial charge < -0.3 is 15.4 Å². The molecule has 0 radical (unpaired) electrons. The highest BCUT2D eigenvalue weighted by molar-refractivity contribution is 5.80. The molecule has 1 saturated heterocycles. The van der Waals surface area contributed by atoms with Gasteiger partial charge in [-0.15, -0.1) is 0 Å². The molecule has 0 aromatic carbocycles. The summed E-state index contributed by atoms with van der Waals surface area (Å²) in [6, 6.07) is 0.641. The van der Waals surface area contributed by atoms with Crippen LogP contribution in [0.15, 0.2) is 4.99 Å². The number of nitrogens with one attached hydrogen (secondary N) is 2. The molecule has 0 spiro atoms. The molecule has 1 aliphatic heterocycles. The lowest BCUT2D eigenvalue weighted by Crippen LogP contribution is -2.53. The molecule has 3 rings (SSSR count). The zero-order chi connectivity index (χ0) is 16.0. The zero-order valence-electron chi connectivity index (χ0n) is 14.8. The van der Waals surface area contributed by atoms with Crippen molar-refractivity contribution in [2.45, 2.75) is 57.4 Å². The molecule has 0 atom stereocenters. The normalized spacial score (nSPS) is 26.6. The van der Waals surface area contributed by atoms with Crippen LogP contribution in [0.5, 0.6) is 0 Å². The predicted molar refractivity (Wildman–Crippen MR) is 94.9 cm³/mol. The van der Waals surface area contributed by atoms with Crippen LogP contribution in [0.1, 0.15) is 51.4 Å². The van der Waals surface area contributed by atoms with E-state index < -0.39 is 0 Å². The Labute approximate surface area is 141 Å². The van der Waals surface area contributed by atoms with E-state index in [1.54, 1.807) is 0 Å². The van der Waals surface area contributed by atoms with Gasteiger partial charge in [-0.2, -0.15) is 0 Å². The average molecular weight is 322 g/mol. The Morgan fingerprint density at radius 3 is 2.48 bits per heavy atom. The SMILES string of the molecule is CN=C(NCC1(CN2CCOCC2)CCCCC1)NC1CCC1. The quantitative estimate of drug-likeness (QED) is 0.600. The molecular weight excluding hydrogens is 288 g/mol. The molecule has 5 nitrogen and oxygen atoms in total. The molecule has 0 amide bonds. The van der Waals surface area contributed by atoms with Crippen LogP contribution in [0.4, 0.5) is 0 Å². The van der Waals surface area contributed by atoms with Gasteiger partial charge in [0.05, 0.1) is 13.2 Å². The molecule has 2 aliphatic carbocycles. The van der Waals surface area contributed by atoms with Crippen molar-refractivity contribution in [3.05, 3.63) is 0 Å². The molecule has 0 aromatic rings. The van der Waals surface area contributed by atoms with E-state index in [1.807, 2.05) is 7.05 Å². The Morgan fingerprint density at radius 2 is 1.87 bits per heavy atom. The summed E-state index contributed by atoms with van der Waals surface area (Å²) in [4.78, 5) is 7.04. The van der Waals surface area contributed by atoms with Crippen molar-refractivity contribution in [3.63, 3.8) is 0 Å². The topological polar surface area (TPSA) is 48.9 Å². The van der Waals surface area contributed by atoms with E-state index in [-0.39, 0.29) is 0 Å². The first-order valence-electron chi connectivity index (χ1n) is 9.57. The van der Waals surface area contributed by atoms with Gasteiger partial charge in [-0.05, 0) is 32.1 Å². The summed E-state index contributed by atoms with van der Waals surface area (Å²) >= 11 is 0. The van der Waals surface area contributed by atoms with Crippen LogP contribution in [-0.2, 0) is 4.74 Å². The minimum atomic E-state index is 0.410. The first-order valence-corrected chi connectivity index (χ1v) is 9.57. The van der Waals surface area contributed by atoms with Gasteiger partial charge in [-0.25, -0.2) is 0 Å². The van der Waals surface area contributed by atoms with Gasteiger partial charge in [0.25, 0.3) is 0 Å². The summed E-state index contributed by atoms with van der Waals surface area (Å²) < 4.78 is 5.51. The number of ether oxygens (including phenoxy) is 1. The van der Waals surface area contributed by atoms with E-state index >= 15 is 0 Å². The molecule has 1 heterocycles. The third-order valence-electron chi connectivity index (χ3n) is 5.88. The summed E-state index contributed by atoms with van der Waals surface area (Å²) in [5.41, 5.74) is 0.410. The Kier molecular flexibility index (Phi) is 6.17. The largest absolute Gasteiger partial charge is 0.379 e. The minimum absolute atomic E-state index is 0.410. The van der Waals surface area contributed by atoms with Crippen molar-refractivity contribution >= 4 is 5.96 Å². The Balaban J connectivity index is 1.54. The third kappa shape index (κ3) is 4.83. The van der Waals surface area contributed by atoms with Crippen molar-refractivity contribution < 1.29 is 4.74 Å². The van der Waals surface area contributed by atoms with E-state index in [0.29, 0.717) is 11.5 Å². The number of aliphatic imine (C=N–C) groups is 1. The van der Waals surface area contributed by atoms with Crippen molar-refractivity contribution in [3.8, 4) is 0 Å². The predicted octanol–water partition coefficient (Wildman–Crippen LogP) is 1.99. The van der Waals surface area contributed by atoms with Gasteiger partial charge in [0.2, 0.25) is 0 Å². The third-order valence-corrected chi connectivity index (χ3v) is 5.88. The van der Waals surface area contributed by atoms with Gasteiger partial charge in [0.15, 0.2) is 5.96 Å². The lowest BCUT2D eigenvalue weighted by molar-refractivity contribution is 0.00818. The summed E-state index contributed by atoms with van der Waals surface area (Å²) in [5, 5.41) is 7.22. The van der Waals surface area contributed by atoms with E-state index in [1.165, 1.54) is 57.9 Å². The van der Waals surface area contributed by atoms with Crippen LogP contribution >= 0.6 is 0 Å². The maximum atomic E-state index is 5.51. The van der Waals surface area contributed by atoms with Crippen LogP contribution in [0.2, 0.25) is 0 Å². The molecule has 0 bridgehead atoms. The van der Waals surface area contributed by atoms with Crippen LogP contribution in [0.25, 0.3) is 0 Å². The number of hydrogen-bond acceptors (Lipinski definition) is 3. The first-order chi connectivity index (χ1) is 11.3. The number of nitrogens with zero attached hydrogens (tertiary/aromatic N) is 2. The molecule has 132 valence electrons. The van der Waals surface area contributed by atoms with E-state index in [0.717, 1.165) is 38.8 Å². The Bertz CT molecular complexity index is 382. The van der Waals surface area contributed by atoms with Crippen molar-refractivity contribution in [2.75, 3.05) is 46.4 Å². The molecular formula is C18H34N4O. The molecule has 0 unspecified atom stereocenters. The maximum absolute atomic E-state index is 5.51. The second-order valence-corrected chi connectivity index (χ2v) is 7.65. The fourth-order valence-electron chi connectivity index (χ4n) is 4.14. The van der Waals surface area contributed by atoms with Crippen molar-refractivity contribution in [1.82, 2.24) is 15.5 Å². The lowest BCUT2D eigenvalue weighted by atomic mass is 9.73. The van der Waals surface area contributed by atoms with Gasteiger partial charge in [-0.3, -0.25) is 9.89 Å². The lowest BCUT2D eigenvalue weighted by Gasteiger charge is -2.42. The second kappa shape index (κ2) is 8.34. The van der Waals surface area contributed by atoms with Crippen LogP contribution in [-0.4, -0.2) is 63.3 Å². The molecule has 23 heavy (non-hydrogen) atoms. The maximum Gasteiger partial charge on any atom is 0.191 e. The second-order valence-electron chi connectivity index (χ2n) is 7.65. The Morgan fingerprint density at radius 1 is 1.13 bits per heavy atom. The first kappa shape index (κ1) is 17.0. The highest BCUT2D eigenvalue weighted by Crippen LogP contribution is 2.36. The van der Waals surface area contributed by atoms with E-state index in [4.69, 9.17) is 4.74 Å². The van der Waals surface area contributed by atoms with Gasteiger partial charge in [-0.1, -0.05) is 19.3 Å². The van der Waals surface area contributed by atoms with Gasteiger partial charge in [0, 0.05) is 44.7 Å². The highest BCUT2D eigenvalue weighted by atomic mass is 16.5. The monoisotopic (exact) mass is 322 g/mol. The van der Waals surface area contributed by atoms with Crippen molar-refractivity contribution in [1.29, 1.82) is 0 Å². The minimum Gasteiger partial charge on any atom is -0.379 e. The van der Waals surface area contributed by atoms with Gasteiger partial charge >= 0.3 is 0 Å². The van der Waals surface area contributed by atoms with Crippen LogP contribution in [0.3, 0.4) is 0 Å². The molecule has 0 aromatic heterocycles. The van der Waals surface area contributed by atoms with Crippen LogP contribution in [0, 0.1) is 5.41 Å². The summed E-state index contributed by atoms with van der Waals surface area (Å²) in [7, 11) is 1.89. The molecule has 3 aliphatic rings. The van der Waals surface area contributed by atoms with Crippen molar-refractivity contribution in [2.24, 2.45) is 10.4 Å². The fraction of sp³-hybridized carbons (Fsp3) is 0.944. The summed E-state index contributed by atoms with van der Waals surface area (Å²) in [6.07, 6.45) is 10.8. The molecule has 5 heteroatoms. The standard InChI is InChI=1S/C18H34N4O/c1-19-17(21-16-6-5-7-16)20-14-18(8-3-2-4-9-18)15-22-10-12-23-13-11-22/h16H,2-15H2,1H3,(H2,19,20,21). The van der Waals surface area contributed by atoms with Gasteiger partial charge in [0.1, 0.15) is 0 Å². The summed E-state index contributed by atoms with van der Waals surface area (Å²) in [5.74, 6) is 1.00. The molecule has 3 fully saturated rings.